The number of β-amino-alcohol motifs (C(OH)–C–C–N with tert-alkyl or cyclic N) is 1. The topological polar surface area (TPSA) is 31.6 Å². The van der Waals surface area contributed by atoms with Crippen molar-refractivity contribution in [2.24, 2.45) is 0 Å². The number of aliphatic hydroxyl groups is 1. The van der Waals surface area contributed by atoms with E-state index < -0.39 is 0 Å². The fraction of sp³-hybridized carbons (Fsp3) is 0.333. The van der Waals surface area contributed by atoms with Crippen LogP contribution in [-0.4, -0.2) is 64.8 Å². The summed E-state index contributed by atoms with van der Waals surface area (Å²) in [6.07, 6.45) is 0.729. The summed E-state index contributed by atoms with van der Waals surface area (Å²) in [7, 11) is 0. The van der Waals surface area contributed by atoms with Crippen LogP contribution < -0.4 is 0 Å². The molecular weight excluding hydrogens is 382 g/mol. The number of aliphatic hydroxyl groups excluding tert-OH is 1. The first kappa shape index (κ1) is 20.3. The molecule has 1 aliphatic heterocycles. The first-order chi connectivity index (χ1) is 15.3. The van der Waals surface area contributed by atoms with Crippen molar-refractivity contribution in [2.45, 2.75) is 19.1 Å². The molecule has 160 valence electrons. The number of piperazine rings is 1. The van der Waals surface area contributed by atoms with Gasteiger partial charge in [0.25, 0.3) is 0 Å². The van der Waals surface area contributed by atoms with E-state index in [-0.39, 0.29) is 6.10 Å². The minimum absolute atomic E-state index is 0.380. The second-order valence-electron chi connectivity index (χ2n) is 8.68. The molecule has 0 bridgehead atoms. The third-order valence-corrected chi connectivity index (χ3v) is 6.57. The summed E-state index contributed by atoms with van der Waals surface area (Å²) in [5, 5.41) is 13.5. The van der Waals surface area contributed by atoms with Gasteiger partial charge in [0.1, 0.15) is 0 Å². The molecule has 0 unspecified atom stereocenters. The van der Waals surface area contributed by atoms with E-state index in [1.165, 1.54) is 27.4 Å². The van der Waals surface area contributed by atoms with Crippen LogP contribution in [0, 0.1) is 0 Å². The smallest absolute Gasteiger partial charge is 0.0845 e. The van der Waals surface area contributed by atoms with Gasteiger partial charge in [0.2, 0.25) is 0 Å². The minimum Gasteiger partial charge on any atom is -0.390 e. The van der Waals surface area contributed by atoms with E-state index in [2.05, 4.69) is 93.2 Å². The van der Waals surface area contributed by atoms with E-state index in [1.54, 1.807) is 0 Å². The Bertz CT molecular complexity index is 1080. The van der Waals surface area contributed by atoms with Crippen LogP contribution in [0.3, 0.4) is 0 Å². The quantitative estimate of drug-likeness (QED) is 0.497. The molecule has 0 aliphatic carbocycles. The van der Waals surface area contributed by atoms with Crippen molar-refractivity contribution in [1.29, 1.82) is 0 Å². The first-order valence-corrected chi connectivity index (χ1v) is 11.4. The van der Waals surface area contributed by atoms with Gasteiger partial charge >= 0.3 is 0 Å². The molecule has 3 aromatic carbocycles. The van der Waals surface area contributed by atoms with Crippen LogP contribution in [0.4, 0.5) is 0 Å². The molecule has 31 heavy (non-hydrogen) atoms. The maximum absolute atomic E-state index is 10.9. The molecule has 0 saturated carbocycles. The van der Waals surface area contributed by atoms with Gasteiger partial charge in [-0.15, -0.1) is 0 Å². The molecular formula is C27H31N3O. The lowest BCUT2D eigenvalue weighted by Crippen LogP contribution is -2.49. The van der Waals surface area contributed by atoms with E-state index in [0.717, 1.165) is 45.7 Å². The largest absolute Gasteiger partial charge is 0.390 e. The summed E-state index contributed by atoms with van der Waals surface area (Å²) in [6, 6.07) is 27.7. The zero-order chi connectivity index (χ0) is 21.0. The van der Waals surface area contributed by atoms with E-state index in [1.807, 2.05) is 0 Å². The highest BCUT2D eigenvalue weighted by Gasteiger charge is 2.20. The Hall–Kier alpha value is -2.66. The lowest BCUT2D eigenvalue weighted by atomic mass is 10.1. The molecule has 0 radical (unpaired) electrons. The Balaban J connectivity index is 1.18. The Morgan fingerprint density at radius 2 is 1.19 bits per heavy atom. The predicted molar refractivity (Wildman–Crippen MR) is 128 cm³/mol. The summed E-state index contributed by atoms with van der Waals surface area (Å²) >= 11 is 0. The standard InChI is InChI=1S/C27H31N3O/c31-23(20-29-18-16-28(17-19-29)15-14-22-8-2-1-3-9-22)21-30-26-12-6-4-10-24(26)25-11-5-7-13-27(25)30/h1-13,23,31H,14-21H2/t23-/m0/s1. The fourth-order valence-corrected chi connectivity index (χ4v) is 4.89. The predicted octanol–water partition coefficient (Wildman–Crippen LogP) is 4.02. The normalized spacial score (nSPS) is 16.8. The van der Waals surface area contributed by atoms with Crippen LogP contribution in [0.2, 0.25) is 0 Å². The van der Waals surface area contributed by atoms with Gasteiger partial charge in [0.15, 0.2) is 0 Å². The molecule has 4 heteroatoms. The second-order valence-corrected chi connectivity index (χ2v) is 8.68. The SMILES string of the molecule is O[C@@H](CN1CCN(CCc2ccccc2)CC1)Cn1c2ccccc2c2ccccc21. The van der Waals surface area contributed by atoms with E-state index in [4.69, 9.17) is 0 Å². The highest BCUT2D eigenvalue weighted by Crippen LogP contribution is 2.28. The molecule has 1 saturated heterocycles. The highest BCUT2D eigenvalue weighted by atomic mass is 16.3. The molecule has 1 aromatic heterocycles. The number of hydrogen-bond donors (Lipinski definition) is 1. The number of para-hydroxylation sites is 2. The first-order valence-electron chi connectivity index (χ1n) is 11.4. The summed E-state index contributed by atoms with van der Waals surface area (Å²) in [5.74, 6) is 0. The van der Waals surface area contributed by atoms with Crippen LogP contribution in [0.15, 0.2) is 78.9 Å². The third kappa shape index (κ3) is 4.52. The average Bonchev–Trinajstić information content (AvgIpc) is 3.13. The van der Waals surface area contributed by atoms with Gasteiger partial charge in [-0.3, -0.25) is 4.90 Å². The van der Waals surface area contributed by atoms with Gasteiger partial charge in [-0.25, -0.2) is 0 Å². The van der Waals surface area contributed by atoms with E-state index in [9.17, 15) is 5.11 Å². The van der Waals surface area contributed by atoms with Crippen LogP contribution in [0.1, 0.15) is 5.56 Å². The summed E-state index contributed by atoms with van der Waals surface area (Å²) in [6.45, 7) is 6.68. The van der Waals surface area contributed by atoms with Crippen LogP contribution in [0.25, 0.3) is 21.8 Å². The molecule has 4 nitrogen and oxygen atoms in total. The van der Waals surface area contributed by atoms with Crippen molar-refractivity contribution in [3.8, 4) is 0 Å². The van der Waals surface area contributed by atoms with Crippen molar-refractivity contribution in [3.05, 3.63) is 84.4 Å². The van der Waals surface area contributed by atoms with Crippen LogP contribution in [-0.2, 0) is 13.0 Å². The fourth-order valence-electron chi connectivity index (χ4n) is 4.89. The van der Waals surface area contributed by atoms with Gasteiger partial charge in [-0.1, -0.05) is 66.7 Å². The van der Waals surface area contributed by atoms with Gasteiger partial charge < -0.3 is 14.6 Å². The summed E-state index contributed by atoms with van der Waals surface area (Å²) in [4.78, 5) is 4.96. The Kier molecular flexibility index (Phi) is 6.03. The molecule has 0 amide bonds. The number of benzene rings is 3. The minimum atomic E-state index is -0.380. The van der Waals surface area contributed by atoms with Gasteiger partial charge in [0.05, 0.1) is 12.6 Å². The van der Waals surface area contributed by atoms with Crippen molar-refractivity contribution in [1.82, 2.24) is 14.4 Å². The molecule has 1 aliphatic rings. The number of nitrogens with zero attached hydrogens (tertiary/aromatic N) is 3. The average molecular weight is 414 g/mol. The molecule has 0 spiro atoms. The molecule has 5 rings (SSSR count). The van der Waals surface area contributed by atoms with Gasteiger partial charge in [-0.05, 0) is 24.1 Å². The Morgan fingerprint density at radius 1 is 0.645 bits per heavy atom. The number of fused-ring (bicyclic) bond motifs is 3. The van der Waals surface area contributed by atoms with Crippen molar-refractivity contribution < 1.29 is 5.11 Å². The third-order valence-electron chi connectivity index (χ3n) is 6.57. The summed E-state index contributed by atoms with van der Waals surface area (Å²) in [5.41, 5.74) is 3.81. The van der Waals surface area contributed by atoms with Crippen LogP contribution >= 0.6 is 0 Å². The van der Waals surface area contributed by atoms with Gasteiger partial charge in [0, 0.05) is 61.1 Å². The molecule has 2 heterocycles. The number of hydrogen-bond acceptors (Lipinski definition) is 3. The molecule has 1 fully saturated rings. The summed E-state index contributed by atoms with van der Waals surface area (Å²) < 4.78 is 2.28. The molecule has 1 N–H and O–H groups in total. The molecule has 4 aromatic rings. The molecule has 1 atom stereocenters. The zero-order valence-electron chi connectivity index (χ0n) is 18.0. The number of aromatic nitrogens is 1. The van der Waals surface area contributed by atoms with Gasteiger partial charge in [-0.2, -0.15) is 0 Å². The van der Waals surface area contributed by atoms with Crippen LogP contribution in [0.5, 0.6) is 0 Å². The Morgan fingerprint density at radius 3 is 1.84 bits per heavy atom. The maximum atomic E-state index is 10.9. The Labute approximate surface area is 184 Å². The lowest BCUT2D eigenvalue weighted by Gasteiger charge is -2.35. The number of rotatable bonds is 7. The second kappa shape index (κ2) is 9.23. The van der Waals surface area contributed by atoms with E-state index >= 15 is 0 Å². The maximum Gasteiger partial charge on any atom is 0.0845 e. The highest BCUT2D eigenvalue weighted by molar-refractivity contribution is 6.07. The monoisotopic (exact) mass is 413 g/mol. The zero-order valence-corrected chi connectivity index (χ0v) is 18.0. The lowest BCUT2D eigenvalue weighted by molar-refractivity contribution is 0.0659. The van der Waals surface area contributed by atoms with E-state index in [0.29, 0.717) is 6.54 Å². The van der Waals surface area contributed by atoms with Crippen molar-refractivity contribution in [2.75, 3.05) is 39.3 Å². The van der Waals surface area contributed by atoms with Crippen molar-refractivity contribution in [3.63, 3.8) is 0 Å². The van der Waals surface area contributed by atoms with Crippen molar-refractivity contribution >= 4 is 21.8 Å².